The normalized spacial score (nSPS) is 12.3. The zero-order valence-electron chi connectivity index (χ0n) is 8.09. The van der Waals surface area contributed by atoms with Gasteiger partial charge in [-0.3, -0.25) is 4.68 Å². The first-order valence-electron chi connectivity index (χ1n) is 4.29. The molecule has 0 unspecified atom stereocenters. The molecule has 0 saturated heterocycles. The maximum atomic E-state index is 12.1. The van der Waals surface area contributed by atoms with Crippen molar-refractivity contribution < 1.29 is 13.2 Å². The summed E-state index contributed by atoms with van der Waals surface area (Å²) < 4.78 is 37.2. The molecule has 8 heteroatoms. The quantitative estimate of drug-likeness (QED) is 0.730. The van der Waals surface area contributed by atoms with E-state index in [1.54, 1.807) is 6.92 Å². The average Bonchev–Trinajstić information content (AvgIpc) is 2.43. The van der Waals surface area contributed by atoms with Crippen LogP contribution >= 0.6 is 11.6 Å². The number of hydrogen-bond donors (Lipinski definition) is 0. The molecule has 0 aliphatic rings. The fraction of sp³-hybridized carbons (Fsp3) is 0.375. The van der Waals surface area contributed by atoms with Crippen molar-refractivity contribution in [2.24, 2.45) is 0 Å². The Hall–Kier alpha value is -1.37. The maximum absolute atomic E-state index is 12.1. The maximum Gasteiger partial charge on any atom is 0.408 e. The number of aromatic nitrogens is 4. The number of fused-ring (bicyclic) bond motifs is 1. The van der Waals surface area contributed by atoms with Crippen LogP contribution in [-0.4, -0.2) is 25.9 Å². The van der Waals surface area contributed by atoms with Crippen molar-refractivity contribution >= 4 is 22.6 Å². The van der Waals surface area contributed by atoms with Crippen LogP contribution in [0, 0.1) is 6.92 Å². The van der Waals surface area contributed by atoms with Crippen molar-refractivity contribution in [1.29, 1.82) is 0 Å². The molecule has 0 aliphatic carbocycles. The SMILES string of the molecule is Cc1nc(Cl)nc2nn(CC(F)(F)F)cc12. The van der Waals surface area contributed by atoms with Gasteiger partial charge in [0.15, 0.2) is 5.65 Å². The first-order valence-corrected chi connectivity index (χ1v) is 4.67. The second-order valence-electron chi connectivity index (χ2n) is 3.26. The van der Waals surface area contributed by atoms with Gasteiger partial charge in [-0.2, -0.15) is 23.3 Å². The van der Waals surface area contributed by atoms with Gasteiger partial charge in [-0.15, -0.1) is 0 Å². The van der Waals surface area contributed by atoms with Crippen molar-refractivity contribution in [2.75, 3.05) is 0 Å². The molecule has 0 N–H and O–H groups in total. The molecular weight excluding hydrogens is 245 g/mol. The summed E-state index contributed by atoms with van der Waals surface area (Å²) in [6, 6.07) is 0. The standard InChI is InChI=1S/C8H6ClF3N4/c1-4-5-2-16(3-8(10,11)12)15-6(5)14-7(9)13-4/h2H,3H2,1H3. The highest BCUT2D eigenvalue weighted by molar-refractivity contribution is 6.28. The summed E-state index contributed by atoms with van der Waals surface area (Å²) in [6.07, 6.45) is -3.05. The third kappa shape index (κ3) is 2.24. The molecule has 4 nitrogen and oxygen atoms in total. The van der Waals surface area contributed by atoms with Gasteiger partial charge in [-0.05, 0) is 18.5 Å². The largest absolute Gasteiger partial charge is 0.408 e. The van der Waals surface area contributed by atoms with Crippen molar-refractivity contribution in [3.05, 3.63) is 17.2 Å². The van der Waals surface area contributed by atoms with Gasteiger partial charge in [-0.25, -0.2) is 4.98 Å². The summed E-state index contributed by atoms with van der Waals surface area (Å²) in [4.78, 5) is 7.57. The summed E-state index contributed by atoms with van der Waals surface area (Å²) in [5.41, 5.74) is 0.671. The Morgan fingerprint density at radius 2 is 2.06 bits per heavy atom. The van der Waals surface area contributed by atoms with Crippen LogP contribution in [0.5, 0.6) is 0 Å². The summed E-state index contributed by atoms with van der Waals surface area (Å²) in [5, 5.41) is 4.12. The van der Waals surface area contributed by atoms with Crippen LogP contribution in [0.3, 0.4) is 0 Å². The van der Waals surface area contributed by atoms with E-state index in [1.807, 2.05) is 0 Å². The van der Waals surface area contributed by atoms with Gasteiger partial charge in [0.1, 0.15) is 6.54 Å². The molecule has 0 saturated carbocycles. The summed E-state index contributed by atoms with van der Waals surface area (Å²) in [7, 11) is 0. The minimum Gasteiger partial charge on any atom is -0.261 e. The minimum absolute atomic E-state index is 0.0257. The van der Waals surface area contributed by atoms with Gasteiger partial charge in [0.05, 0.1) is 11.1 Å². The smallest absolute Gasteiger partial charge is 0.261 e. The lowest BCUT2D eigenvalue weighted by molar-refractivity contribution is -0.142. The van der Waals surface area contributed by atoms with Crippen LogP contribution in [0.4, 0.5) is 13.2 Å². The summed E-state index contributed by atoms with van der Waals surface area (Å²) in [6.45, 7) is 0.482. The average molecular weight is 251 g/mol. The summed E-state index contributed by atoms with van der Waals surface area (Å²) in [5.74, 6) is 0. The van der Waals surface area contributed by atoms with E-state index in [9.17, 15) is 13.2 Å². The molecule has 2 aromatic rings. The van der Waals surface area contributed by atoms with Gasteiger partial charge in [0.2, 0.25) is 5.28 Å². The first kappa shape index (κ1) is 11.1. The Kier molecular flexibility index (Phi) is 2.49. The van der Waals surface area contributed by atoms with Crippen molar-refractivity contribution in [3.8, 4) is 0 Å². The molecule has 0 spiro atoms. The van der Waals surface area contributed by atoms with Crippen molar-refractivity contribution in [2.45, 2.75) is 19.6 Å². The van der Waals surface area contributed by atoms with E-state index in [-0.39, 0.29) is 10.9 Å². The molecule has 0 aromatic carbocycles. The second-order valence-corrected chi connectivity index (χ2v) is 3.60. The minimum atomic E-state index is -4.31. The Morgan fingerprint density at radius 1 is 1.38 bits per heavy atom. The first-order chi connectivity index (χ1) is 7.35. The number of aryl methyl sites for hydroxylation is 1. The molecule has 0 bridgehead atoms. The van der Waals surface area contributed by atoms with E-state index in [4.69, 9.17) is 11.6 Å². The molecule has 0 atom stereocenters. The van der Waals surface area contributed by atoms with E-state index >= 15 is 0 Å². The molecule has 16 heavy (non-hydrogen) atoms. The Labute approximate surface area is 93.1 Å². The van der Waals surface area contributed by atoms with Crippen LogP contribution in [0.25, 0.3) is 11.0 Å². The molecular formula is C8H6ClF3N4. The molecule has 0 fully saturated rings. The highest BCUT2D eigenvalue weighted by Crippen LogP contribution is 2.20. The molecule has 2 rings (SSSR count). The number of alkyl halides is 3. The lowest BCUT2D eigenvalue weighted by Crippen LogP contribution is -2.17. The fourth-order valence-electron chi connectivity index (χ4n) is 1.32. The van der Waals surface area contributed by atoms with Gasteiger partial charge in [0.25, 0.3) is 0 Å². The highest BCUT2D eigenvalue weighted by atomic mass is 35.5. The third-order valence-corrected chi connectivity index (χ3v) is 2.10. The number of nitrogens with zero attached hydrogens (tertiary/aromatic N) is 4. The predicted molar refractivity (Wildman–Crippen MR) is 51.1 cm³/mol. The van der Waals surface area contributed by atoms with E-state index < -0.39 is 12.7 Å². The highest BCUT2D eigenvalue weighted by Gasteiger charge is 2.28. The molecule has 0 radical (unpaired) electrons. The Bertz CT molecular complexity index is 534. The topological polar surface area (TPSA) is 43.6 Å². The molecule has 0 aliphatic heterocycles. The Morgan fingerprint density at radius 3 is 2.69 bits per heavy atom. The van der Waals surface area contributed by atoms with E-state index in [0.717, 1.165) is 4.68 Å². The van der Waals surface area contributed by atoms with Crippen LogP contribution in [0.15, 0.2) is 6.20 Å². The second kappa shape index (κ2) is 3.58. The number of hydrogen-bond acceptors (Lipinski definition) is 3. The van der Waals surface area contributed by atoms with E-state index in [2.05, 4.69) is 15.1 Å². The van der Waals surface area contributed by atoms with Gasteiger partial charge >= 0.3 is 6.18 Å². The van der Waals surface area contributed by atoms with Crippen molar-refractivity contribution in [1.82, 2.24) is 19.7 Å². The molecule has 2 heterocycles. The fourth-order valence-corrected chi connectivity index (χ4v) is 1.53. The van der Waals surface area contributed by atoms with Crippen LogP contribution in [-0.2, 0) is 6.54 Å². The number of rotatable bonds is 1. The Balaban J connectivity index is 2.48. The van der Waals surface area contributed by atoms with Crippen LogP contribution < -0.4 is 0 Å². The van der Waals surface area contributed by atoms with Gasteiger partial charge in [-0.1, -0.05) is 0 Å². The lowest BCUT2D eigenvalue weighted by Gasteiger charge is -2.04. The molecule has 0 amide bonds. The zero-order chi connectivity index (χ0) is 11.9. The third-order valence-electron chi connectivity index (χ3n) is 1.93. The van der Waals surface area contributed by atoms with E-state index in [1.165, 1.54) is 6.20 Å². The summed E-state index contributed by atoms with van der Waals surface area (Å²) >= 11 is 5.57. The van der Waals surface area contributed by atoms with Gasteiger partial charge < -0.3 is 0 Å². The van der Waals surface area contributed by atoms with Crippen LogP contribution in [0.1, 0.15) is 5.69 Å². The lowest BCUT2D eigenvalue weighted by atomic mass is 10.3. The van der Waals surface area contributed by atoms with Crippen molar-refractivity contribution in [3.63, 3.8) is 0 Å². The van der Waals surface area contributed by atoms with Crippen LogP contribution in [0.2, 0.25) is 5.28 Å². The van der Waals surface area contributed by atoms with Gasteiger partial charge in [0, 0.05) is 6.20 Å². The predicted octanol–water partition coefficient (Wildman–Crippen LogP) is 2.35. The number of halogens is 4. The monoisotopic (exact) mass is 250 g/mol. The molecule has 86 valence electrons. The molecule has 2 aromatic heterocycles. The zero-order valence-corrected chi connectivity index (χ0v) is 8.84. The van der Waals surface area contributed by atoms with E-state index in [0.29, 0.717) is 11.1 Å².